The second kappa shape index (κ2) is 3.63. The molecule has 2 heteroatoms. The first-order valence-corrected chi connectivity index (χ1v) is 5.75. The molecule has 0 atom stereocenters. The number of nitrogens with one attached hydrogen (secondary N) is 1. The average molecular weight is 216 g/mol. The standard InChI is InChI=1S/C14H20N2/c1-9-5-6-11-12(14(3,4)8-15)7-16-13(11)10(9)2/h5-7,16H,8,15H2,1-4H3. The first-order chi connectivity index (χ1) is 7.47. The molecule has 2 nitrogen and oxygen atoms in total. The lowest BCUT2D eigenvalue weighted by molar-refractivity contribution is 0.544. The van der Waals surface area contributed by atoms with Gasteiger partial charge in [0.05, 0.1) is 0 Å². The Bertz CT molecular complexity index is 521. The first-order valence-electron chi connectivity index (χ1n) is 5.75. The maximum Gasteiger partial charge on any atom is 0.0489 e. The Hall–Kier alpha value is -1.28. The fraction of sp³-hybridized carbons (Fsp3) is 0.429. The van der Waals surface area contributed by atoms with E-state index in [2.05, 4.69) is 51.0 Å². The predicted molar refractivity (Wildman–Crippen MR) is 69.9 cm³/mol. The van der Waals surface area contributed by atoms with Crippen molar-refractivity contribution in [2.75, 3.05) is 6.54 Å². The van der Waals surface area contributed by atoms with Crippen molar-refractivity contribution < 1.29 is 0 Å². The summed E-state index contributed by atoms with van der Waals surface area (Å²) in [6.07, 6.45) is 2.10. The summed E-state index contributed by atoms with van der Waals surface area (Å²) in [5, 5.41) is 1.30. The molecule has 0 saturated heterocycles. The minimum Gasteiger partial charge on any atom is -0.361 e. The number of aromatic amines is 1. The van der Waals surface area contributed by atoms with Gasteiger partial charge >= 0.3 is 0 Å². The highest BCUT2D eigenvalue weighted by atomic mass is 14.7. The zero-order chi connectivity index (χ0) is 11.9. The van der Waals surface area contributed by atoms with Crippen molar-refractivity contribution in [3.63, 3.8) is 0 Å². The number of H-pyrrole nitrogens is 1. The van der Waals surface area contributed by atoms with Gasteiger partial charge in [0, 0.05) is 29.1 Å². The van der Waals surface area contributed by atoms with Crippen LogP contribution in [0.25, 0.3) is 10.9 Å². The molecule has 3 N–H and O–H groups in total. The van der Waals surface area contributed by atoms with Crippen molar-refractivity contribution in [1.82, 2.24) is 4.98 Å². The first kappa shape index (κ1) is 11.2. The minimum absolute atomic E-state index is 0.0277. The topological polar surface area (TPSA) is 41.8 Å². The maximum absolute atomic E-state index is 5.84. The molecule has 1 aromatic carbocycles. The Morgan fingerprint density at radius 1 is 1.25 bits per heavy atom. The number of aryl methyl sites for hydroxylation is 2. The van der Waals surface area contributed by atoms with Crippen LogP contribution in [0.4, 0.5) is 0 Å². The number of nitrogens with two attached hydrogens (primary N) is 1. The van der Waals surface area contributed by atoms with E-state index in [1.807, 2.05) is 0 Å². The summed E-state index contributed by atoms with van der Waals surface area (Å²) in [6.45, 7) is 9.33. The van der Waals surface area contributed by atoms with Crippen LogP contribution in [0.2, 0.25) is 0 Å². The summed E-state index contributed by atoms with van der Waals surface area (Å²) in [7, 11) is 0. The Morgan fingerprint density at radius 2 is 1.94 bits per heavy atom. The second-order valence-corrected chi connectivity index (χ2v) is 5.22. The molecule has 1 heterocycles. The molecule has 0 radical (unpaired) electrons. The number of benzene rings is 1. The Labute approximate surface area is 96.9 Å². The number of rotatable bonds is 2. The summed E-state index contributed by atoms with van der Waals surface area (Å²) >= 11 is 0. The van der Waals surface area contributed by atoms with E-state index >= 15 is 0 Å². The molecular weight excluding hydrogens is 196 g/mol. The lowest BCUT2D eigenvalue weighted by Crippen LogP contribution is -2.27. The van der Waals surface area contributed by atoms with Gasteiger partial charge in [0.2, 0.25) is 0 Å². The maximum atomic E-state index is 5.84. The van der Waals surface area contributed by atoms with Gasteiger partial charge in [-0.15, -0.1) is 0 Å². The molecule has 0 aliphatic carbocycles. The molecule has 0 spiro atoms. The third kappa shape index (κ3) is 1.54. The molecule has 86 valence electrons. The lowest BCUT2D eigenvalue weighted by Gasteiger charge is -2.22. The zero-order valence-corrected chi connectivity index (χ0v) is 10.5. The van der Waals surface area contributed by atoms with Crippen molar-refractivity contribution in [3.8, 4) is 0 Å². The number of hydrogen-bond donors (Lipinski definition) is 2. The van der Waals surface area contributed by atoms with Crippen molar-refractivity contribution in [2.45, 2.75) is 33.1 Å². The van der Waals surface area contributed by atoms with Crippen LogP contribution in [0.15, 0.2) is 18.3 Å². The normalized spacial score (nSPS) is 12.3. The van der Waals surface area contributed by atoms with Crippen molar-refractivity contribution in [2.24, 2.45) is 5.73 Å². The molecule has 16 heavy (non-hydrogen) atoms. The molecule has 0 amide bonds. The Morgan fingerprint density at radius 3 is 2.56 bits per heavy atom. The average Bonchev–Trinajstić information content (AvgIpc) is 2.68. The van der Waals surface area contributed by atoms with Gasteiger partial charge in [-0.1, -0.05) is 26.0 Å². The highest BCUT2D eigenvalue weighted by molar-refractivity contribution is 5.87. The quantitative estimate of drug-likeness (QED) is 0.796. The summed E-state index contributed by atoms with van der Waals surface area (Å²) in [4.78, 5) is 3.38. The van der Waals surface area contributed by atoms with E-state index < -0.39 is 0 Å². The van der Waals surface area contributed by atoms with E-state index in [4.69, 9.17) is 5.73 Å². The van der Waals surface area contributed by atoms with E-state index in [-0.39, 0.29) is 5.41 Å². The molecule has 0 fully saturated rings. The molecule has 0 aliphatic rings. The van der Waals surface area contributed by atoms with Gasteiger partial charge in [-0.2, -0.15) is 0 Å². The SMILES string of the molecule is Cc1ccc2c(C(C)(C)CN)c[nH]c2c1C. The smallest absolute Gasteiger partial charge is 0.0489 e. The van der Waals surface area contributed by atoms with Gasteiger partial charge in [-0.3, -0.25) is 0 Å². The molecule has 0 unspecified atom stereocenters. The second-order valence-electron chi connectivity index (χ2n) is 5.22. The van der Waals surface area contributed by atoms with Crippen LogP contribution >= 0.6 is 0 Å². The fourth-order valence-corrected chi connectivity index (χ4v) is 2.12. The molecule has 2 rings (SSSR count). The van der Waals surface area contributed by atoms with Gasteiger partial charge in [-0.05, 0) is 30.5 Å². The van der Waals surface area contributed by atoms with E-state index in [1.165, 1.54) is 27.6 Å². The third-order valence-corrected chi connectivity index (χ3v) is 3.63. The summed E-state index contributed by atoms with van der Waals surface area (Å²) < 4.78 is 0. The van der Waals surface area contributed by atoms with Crippen LogP contribution in [-0.4, -0.2) is 11.5 Å². The van der Waals surface area contributed by atoms with E-state index in [9.17, 15) is 0 Å². The molecule has 2 aromatic rings. The van der Waals surface area contributed by atoms with Crippen molar-refractivity contribution >= 4 is 10.9 Å². The summed E-state index contributed by atoms with van der Waals surface area (Å²) in [6, 6.07) is 4.38. The van der Waals surface area contributed by atoms with Crippen LogP contribution in [0.5, 0.6) is 0 Å². The number of fused-ring (bicyclic) bond motifs is 1. The summed E-state index contributed by atoms with van der Waals surface area (Å²) in [5.41, 5.74) is 11.1. The van der Waals surface area contributed by atoms with Crippen LogP contribution in [-0.2, 0) is 5.41 Å². The van der Waals surface area contributed by atoms with Gasteiger partial charge in [0.1, 0.15) is 0 Å². The van der Waals surface area contributed by atoms with E-state index in [0.717, 1.165) is 0 Å². The highest BCUT2D eigenvalue weighted by Gasteiger charge is 2.22. The fourth-order valence-electron chi connectivity index (χ4n) is 2.12. The molecular formula is C14H20N2. The van der Waals surface area contributed by atoms with Crippen LogP contribution in [0.1, 0.15) is 30.5 Å². The van der Waals surface area contributed by atoms with Crippen LogP contribution < -0.4 is 5.73 Å². The zero-order valence-electron chi connectivity index (χ0n) is 10.5. The summed E-state index contributed by atoms with van der Waals surface area (Å²) in [5.74, 6) is 0. The van der Waals surface area contributed by atoms with E-state index in [1.54, 1.807) is 0 Å². The highest BCUT2D eigenvalue weighted by Crippen LogP contribution is 2.31. The monoisotopic (exact) mass is 216 g/mol. The largest absolute Gasteiger partial charge is 0.361 e. The van der Waals surface area contributed by atoms with Gasteiger partial charge < -0.3 is 10.7 Å². The molecule has 0 bridgehead atoms. The molecule has 0 aliphatic heterocycles. The van der Waals surface area contributed by atoms with E-state index in [0.29, 0.717) is 6.54 Å². The molecule has 1 aromatic heterocycles. The van der Waals surface area contributed by atoms with Crippen LogP contribution in [0, 0.1) is 13.8 Å². The minimum atomic E-state index is 0.0277. The van der Waals surface area contributed by atoms with Gasteiger partial charge in [0.25, 0.3) is 0 Å². The van der Waals surface area contributed by atoms with Crippen LogP contribution in [0.3, 0.4) is 0 Å². The lowest BCUT2D eigenvalue weighted by atomic mass is 9.84. The third-order valence-electron chi connectivity index (χ3n) is 3.63. The Balaban J connectivity index is 2.72. The molecule has 0 saturated carbocycles. The van der Waals surface area contributed by atoms with Crippen molar-refractivity contribution in [3.05, 3.63) is 35.0 Å². The Kier molecular flexibility index (Phi) is 2.55. The van der Waals surface area contributed by atoms with Gasteiger partial charge in [0.15, 0.2) is 0 Å². The van der Waals surface area contributed by atoms with Gasteiger partial charge in [-0.25, -0.2) is 0 Å². The van der Waals surface area contributed by atoms with Crippen molar-refractivity contribution in [1.29, 1.82) is 0 Å². The number of aromatic nitrogens is 1. The number of hydrogen-bond acceptors (Lipinski definition) is 1. The predicted octanol–water partition coefficient (Wildman–Crippen LogP) is 3.02.